The van der Waals surface area contributed by atoms with Crippen LogP contribution in [0.1, 0.15) is 16.2 Å². The van der Waals surface area contributed by atoms with Gasteiger partial charge in [-0.3, -0.25) is 14.0 Å². The lowest BCUT2D eigenvalue weighted by Gasteiger charge is -2.07. The second kappa shape index (κ2) is 6.49. The molecule has 3 aromatic heterocycles. The van der Waals surface area contributed by atoms with E-state index < -0.39 is 5.91 Å². The zero-order valence-electron chi connectivity index (χ0n) is 14.7. The molecule has 1 N–H and O–H groups in total. The Morgan fingerprint density at radius 1 is 1.15 bits per heavy atom. The van der Waals surface area contributed by atoms with Gasteiger partial charge in [0, 0.05) is 42.5 Å². The summed E-state index contributed by atoms with van der Waals surface area (Å²) in [5, 5.41) is 6.76. The number of hydrogen-bond acceptors (Lipinski definition) is 5. The van der Waals surface area contributed by atoms with E-state index in [4.69, 9.17) is 0 Å². The number of nitrogens with zero attached hydrogens (tertiary/aromatic N) is 5. The first-order chi connectivity index (χ1) is 13.0. The number of carbonyl (C=O) groups is 1. The fourth-order valence-corrected chi connectivity index (χ4v) is 2.84. The number of aryl methyl sites for hydroxylation is 2. The van der Waals surface area contributed by atoms with Crippen LogP contribution in [0.25, 0.3) is 17.0 Å². The van der Waals surface area contributed by atoms with Crippen LogP contribution in [-0.4, -0.2) is 30.1 Å². The van der Waals surface area contributed by atoms with Crippen LogP contribution in [0, 0.1) is 6.92 Å². The summed E-state index contributed by atoms with van der Waals surface area (Å²) >= 11 is 0. The minimum atomic E-state index is -0.392. The van der Waals surface area contributed by atoms with E-state index in [1.807, 2.05) is 41.8 Å². The van der Waals surface area contributed by atoms with Crippen LogP contribution < -0.4 is 10.9 Å². The molecule has 0 unspecified atom stereocenters. The third kappa shape index (κ3) is 3.08. The molecule has 1 amide bonds. The summed E-state index contributed by atoms with van der Waals surface area (Å²) in [6, 6.07) is 12.0. The van der Waals surface area contributed by atoms with Gasteiger partial charge in [-0.15, -0.1) is 0 Å². The lowest BCUT2D eigenvalue weighted by molar-refractivity contribution is 0.102. The normalized spacial score (nSPS) is 10.9. The molecule has 0 saturated heterocycles. The highest BCUT2D eigenvalue weighted by molar-refractivity contribution is 6.03. The molecule has 4 rings (SSSR count). The molecule has 4 aromatic rings. The third-order valence-corrected chi connectivity index (χ3v) is 4.23. The number of hydrogen-bond donors (Lipinski definition) is 1. The summed E-state index contributed by atoms with van der Waals surface area (Å²) in [6.45, 7) is 1.97. The van der Waals surface area contributed by atoms with Gasteiger partial charge in [0.15, 0.2) is 0 Å². The first-order valence-electron chi connectivity index (χ1n) is 8.29. The molecular formula is C19H16N6O2. The number of imidazole rings is 1. The Kier molecular flexibility index (Phi) is 4.00. The third-order valence-electron chi connectivity index (χ3n) is 4.23. The smallest absolute Gasteiger partial charge is 0.276 e. The van der Waals surface area contributed by atoms with Crippen LogP contribution in [0.2, 0.25) is 0 Å². The SMILES string of the molecule is Cc1c(-c2cccc(NC(=O)c3ccc(=O)n(C)n3)c2)nc2ncccn12. The Bertz CT molecular complexity index is 1220. The van der Waals surface area contributed by atoms with E-state index in [1.165, 1.54) is 19.2 Å². The van der Waals surface area contributed by atoms with Gasteiger partial charge in [0.05, 0.1) is 5.69 Å². The lowest BCUT2D eigenvalue weighted by atomic mass is 10.1. The molecule has 0 aliphatic carbocycles. The van der Waals surface area contributed by atoms with Gasteiger partial charge in [-0.2, -0.15) is 5.10 Å². The predicted octanol–water partition coefficient (Wildman–Crippen LogP) is 2.05. The zero-order valence-corrected chi connectivity index (χ0v) is 14.7. The first kappa shape index (κ1) is 16.6. The van der Waals surface area contributed by atoms with Gasteiger partial charge < -0.3 is 5.32 Å². The molecular weight excluding hydrogens is 344 g/mol. The Morgan fingerprint density at radius 2 is 2.00 bits per heavy atom. The predicted molar refractivity (Wildman–Crippen MR) is 101 cm³/mol. The van der Waals surface area contributed by atoms with Gasteiger partial charge in [0.2, 0.25) is 5.78 Å². The van der Waals surface area contributed by atoms with Crippen molar-refractivity contribution in [1.29, 1.82) is 0 Å². The van der Waals surface area contributed by atoms with Crippen LogP contribution in [0.4, 0.5) is 5.69 Å². The maximum atomic E-state index is 12.4. The summed E-state index contributed by atoms with van der Waals surface area (Å²) in [4.78, 5) is 32.7. The molecule has 0 bridgehead atoms. The molecule has 0 saturated carbocycles. The van der Waals surface area contributed by atoms with Crippen molar-refractivity contribution in [3.8, 4) is 11.3 Å². The van der Waals surface area contributed by atoms with Crippen molar-refractivity contribution in [2.75, 3.05) is 5.32 Å². The van der Waals surface area contributed by atoms with Gasteiger partial charge in [-0.1, -0.05) is 12.1 Å². The van der Waals surface area contributed by atoms with Gasteiger partial charge in [0.25, 0.3) is 11.5 Å². The minimum absolute atomic E-state index is 0.163. The fraction of sp³-hybridized carbons (Fsp3) is 0.105. The van der Waals surface area contributed by atoms with Gasteiger partial charge in [0.1, 0.15) is 5.69 Å². The maximum Gasteiger partial charge on any atom is 0.276 e. The molecule has 0 aliphatic rings. The van der Waals surface area contributed by atoms with Crippen molar-refractivity contribution in [3.05, 3.63) is 76.6 Å². The number of carbonyl (C=O) groups excluding carboxylic acids is 1. The second-order valence-electron chi connectivity index (χ2n) is 6.05. The largest absolute Gasteiger partial charge is 0.321 e. The Balaban J connectivity index is 1.66. The van der Waals surface area contributed by atoms with Crippen molar-refractivity contribution in [3.63, 3.8) is 0 Å². The molecule has 27 heavy (non-hydrogen) atoms. The van der Waals surface area contributed by atoms with E-state index in [0.29, 0.717) is 11.5 Å². The molecule has 0 atom stereocenters. The highest BCUT2D eigenvalue weighted by atomic mass is 16.2. The van der Waals surface area contributed by atoms with Crippen LogP contribution in [0.3, 0.4) is 0 Å². The summed E-state index contributed by atoms with van der Waals surface area (Å²) in [5.41, 5.74) is 3.12. The molecule has 0 fully saturated rings. The quantitative estimate of drug-likeness (QED) is 0.603. The molecule has 134 valence electrons. The van der Waals surface area contributed by atoms with Crippen molar-refractivity contribution in [1.82, 2.24) is 24.1 Å². The number of amides is 1. The fourth-order valence-electron chi connectivity index (χ4n) is 2.84. The Hall–Kier alpha value is -3.81. The van der Waals surface area contributed by atoms with Crippen LogP contribution in [0.5, 0.6) is 0 Å². The summed E-state index contributed by atoms with van der Waals surface area (Å²) in [7, 11) is 1.50. The molecule has 8 nitrogen and oxygen atoms in total. The van der Waals surface area contributed by atoms with E-state index in [-0.39, 0.29) is 11.3 Å². The van der Waals surface area contributed by atoms with E-state index in [0.717, 1.165) is 21.6 Å². The van der Waals surface area contributed by atoms with Crippen molar-refractivity contribution in [2.45, 2.75) is 6.92 Å². The molecule has 8 heteroatoms. The van der Waals surface area contributed by atoms with E-state index in [2.05, 4.69) is 20.4 Å². The molecule has 0 radical (unpaired) electrons. The molecule has 0 aliphatic heterocycles. The van der Waals surface area contributed by atoms with Gasteiger partial charge in [-0.25, -0.2) is 14.6 Å². The average Bonchev–Trinajstić information content (AvgIpc) is 3.01. The van der Waals surface area contributed by atoms with Crippen molar-refractivity contribution < 1.29 is 4.79 Å². The van der Waals surface area contributed by atoms with Crippen LogP contribution in [0.15, 0.2) is 59.7 Å². The van der Waals surface area contributed by atoms with E-state index >= 15 is 0 Å². The molecule has 1 aromatic carbocycles. The van der Waals surface area contributed by atoms with Crippen LogP contribution >= 0.6 is 0 Å². The van der Waals surface area contributed by atoms with Gasteiger partial charge in [-0.05, 0) is 31.2 Å². The standard InChI is InChI=1S/C19H16N6O2/c1-12-17(22-19-20-9-4-10-25(12)19)13-5-3-6-14(11-13)21-18(27)15-7-8-16(26)24(2)23-15/h3-11H,1-2H3,(H,21,27). The maximum absolute atomic E-state index is 12.4. The minimum Gasteiger partial charge on any atom is -0.321 e. The number of aromatic nitrogens is 5. The van der Waals surface area contributed by atoms with Gasteiger partial charge >= 0.3 is 0 Å². The number of fused-ring (bicyclic) bond motifs is 1. The Morgan fingerprint density at radius 3 is 2.78 bits per heavy atom. The first-order valence-corrected chi connectivity index (χ1v) is 8.29. The zero-order chi connectivity index (χ0) is 19.0. The summed E-state index contributed by atoms with van der Waals surface area (Å²) in [5.74, 6) is 0.227. The molecule has 3 heterocycles. The number of anilines is 1. The number of rotatable bonds is 3. The molecule has 0 spiro atoms. The van der Waals surface area contributed by atoms with Crippen molar-refractivity contribution >= 4 is 17.4 Å². The summed E-state index contributed by atoms with van der Waals surface area (Å²) in [6.07, 6.45) is 3.60. The number of benzene rings is 1. The monoisotopic (exact) mass is 360 g/mol. The van der Waals surface area contributed by atoms with Crippen LogP contribution in [-0.2, 0) is 7.05 Å². The topological polar surface area (TPSA) is 94.2 Å². The highest BCUT2D eigenvalue weighted by Crippen LogP contribution is 2.25. The highest BCUT2D eigenvalue weighted by Gasteiger charge is 2.13. The lowest BCUT2D eigenvalue weighted by Crippen LogP contribution is -2.23. The van der Waals surface area contributed by atoms with E-state index in [9.17, 15) is 9.59 Å². The summed E-state index contributed by atoms with van der Waals surface area (Å²) < 4.78 is 3.04. The Labute approximate surface area is 154 Å². The van der Waals surface area contributed by atoms with E-state index in [1.54, 1.807) is 12.3 Å². The average molecular weight is 360 g/mol. The van der Waals surface area contributed by atoms with Crippen molar-refractivity contribution in [2.24, 2.45) is 7.05 Å². The second-order valence-corrected chi connectivity index (χ2v) is 6.05. The number of nitrogens with one attached hydrogen (secondary N) is 1.